The van der Waals surface area contributed by atoms with E-state index in [0.717, 1.165) is 37.7 Å². The van der Waals surface area contributed by atoms with E-state index < -0.39 is 5.60 Å². The van der Waals surface area contributed by atoms with E-state index in [1.807, 2.05) is 36.4 Å². The van der Waals surface area contributed by atoms with Crippen molar-refractivity contribution in [3.63, 3.8) is 0 Å². The Kier molecular flexibility index (Phi) is 5.12. The van der Waals surface area contributed by atoms with Crippen LogP contribution in [0.4, 0.5) is 0 Å². The van der Waals surface area contributed by atoms with E-state index in [1.54, 1.807) is 0 Å². The van der Waals surface area contributed by atoms with E-state index in [2.05, 4.69) is 24.3 Å². The number of hydroxylamine groups is 2. The standard InChI is InChI=1S/C23H29NO2/c25-23(14-8-3-9-15-23)22(24(26)17-18-10-4-1-5-11-18)21-16-20(21)19-12-6-2-7-13-19/h1-2,4-7,10-13,20-22,25-26H,3,8-9,14-17H2/t20-,21+,22?/m1/s1. The molecule has 2 aliphatic carbocycles. The molecule has 0 saturated heterocycles. The molecule has 3 heteroatoms. The highest BCUT2D eigenvalue weighted by Crippen LogP contribution is 2.54. The molecule has 0 aromatic heterocycles. The maximum Gasteiger partial charge on any atom is 0.0828 e. The average Bonchev–Trinajstić information content (AvgIpc) is 3.44. The van der Waals surface area contributed by atoms with Gasteiger partial charge in [0.25, 0.3) is 0 Å². The van der Waals surface area contributed by atoms with E-state index >= 15 is 0 Å². The smallest absolute Gasteiger partial charge is 0.0828 e. The van der Waals surface area contributed by atoms with Gasteiger partial charge in [0.15, 0.2) is 0 Å². The van der Waals surface area contributed by atoms with Crippen molar-refractivity contribution in [2.24, 2.45) is 5.92 Å². The molecule has 2 aromatic rings. The Bertz CT molecular complexity index is 695. The summed E-state index contributed by atoms with van der Waals surface area (Å²) in [6.45, 7) is 0.464. The Morgan fingerprint density at radius 3 is 2.19 bits per heavy atom. The first-order valence-electron chi connectivity index (χ1n) is 9.94. The van der Waals surface area contributed by atoms with Crippen molar-refractivity contribution >= 4 is 0 Å². The van der Waals surface area contributed by atoms with Crippen LogP contribution in [0, 0.1) is 5.92 Å². The van der Waals surface area contributed by atoms with Crippen LogP contribution in [0.5, 0.6) is 0 Å². The number of hydrogen-bond donors (Lipinski definition) is 2. The molecule has 0 heterocycles. The molecule has 3 nitrogen and oxygen atoms in total. The molecule has 26 heavy (non-hydrogen) atoms. The van der Waals surface area contributed by atoms with Gasteiger partial charge in [-0.3, -0.25) is 0 Å². The number of rotatable bonds is 6. The molecule has 0 aliphatic heterocycles. The molecule has 138 valence electrons. The molecule has 0 bridgehead atoms. The summed E-state index contributed by atoms with van der Waals surface area (Å²) in [6, 6.07) is 20.4. The number of aliphatic hydroxyl groups is 1. The van der Waals surface area contributed by atoms with Crippen LogP contribution in [0.25, 0.3) is 0 Å². The number of benzene rings is 2. The van der Waals surface area contributed by atoms with Crippen LogP contribution < -0.4 is 0 Å². The molecule has 0 radical (unpaired) electrons. The summed E-state index contributed by atoms with van der Waals surface area (Å²) >= 11 is 0. The molecular formula is C23H29NO2. The van der Waals surface area contributed by atoms with Crippen LogP contribution >= 0.6 is 0 Å². The molecule has 0 spiro atoms. The van der Waals surface area contributed by atoms with Gasteiger partial charge >= 0.3 is 0 Å². The fraction of sp³-hybridized carbons (Fsp3) is 0.478. The molecule has 4 rings (SSSR count). The van der Waals surface area contributed by atoms with Crippen molar-refractivity contribution in [2.45, 2.75) is 62.6 Å². The van der Waals surface area contributed by atoms with Gasteiger partial charge < -0.3 is 10.3 Å². The maximum absolute atomic E-state index is 11.5. The Hall–Kier alpha value is -1.68. The lowest BCUT2D eigenvalue weighted by atomic mass is 9.76. The predicted octanol–water partition coefficient (Wildman–Crippen LogP) is 4.75. The van der Waals surface area contributed by atoms with E-state index in [4.69, 9.17) is 0 Å². The van der Waals surface area contributed by atoms with Gasteiger partial charge in [-0.15, -0.1) is 0 Å². The largest absolute Gasteiger partial charge is 0.388 e. The van der Waals surface area contributed by atoms with Crippen molar-refractivity contribution in [2.75, 3.05) is 0 Å². The predicted molar refractivity (Wildman–Crippen MR) is 103 cm³/mol. The Balaban J connectivity index is 1.56. The summed E-state index contributed by atoms with van der Waals surface area (Å²) in [5.41, 5.74) is 1.63. The van der Waals surface area contributed by atoms with Gasteiger partial charge in [0.05, 0.1) is 11.6 Å². The van der Waals surface area contributed by atoms with Crippen LogP contribution in [0.15, 0.2) is 60.7 Å². The number of hydrogen-bond acceptors (Lipinski definition) is 3. The highest BCUT2D eigenvalue weighted by atomic mass is 16.5. The molecule has 1 unspecified atom stereocenters. The van der Waals surface area contributed by atoms with Crippen molar-refractivity contribution in [1.82, 2.24) is 5.06 Å². The van der Waals surface area contributed by atoms with Crippen LogP contribution in [-0.4, -0.2) is 27.0 Å². The van der Waals surface area contributed by atoms with E-state index in [9.17, 15) is 10.3 Å². The molecule has 2 aliphatic rings. The monoisotopic (exact) mass is 351 g/mol. The summed E-state index contributed by atoms with van der Waals surface area (Å²) in [7, 11) is 0. The average molecular weight is 351 g/mol. The number of nitrogens with zero attached hydrogens (tertiary/aromatic N) is 1. The lowest BCUT2D eigenvalue weighted by molar-refractivity contribution is -0.206. The third kappa shape index (κ3) is 3.71. The third-order valence-electron chi connectivity index (χ3n) is 6.25. The highest BCUT2D eigenvalue weighted by Gasteiger charge is 2.54. The Labute approximate surface area is 156 Å². The topological polar surface area (TPSA) is 43.7 Å². The highest BCUT2D eigenvalue weighted by molar-refractivity contribution is 5.28. The summed E-state index contributed by atoms with van der Waals surface area (Å²) in [4.78, 5) is 0. The molecular weight excluding hydrogens is 322 g/mol. The first kappa shape index (κ1) is 17.7. The fourth-order valence-electron chi connectivity index (χ4n) is 4.87. The zero-order valence-electron chi connectivity index (χ0n) is 15.3. The molecule has 0 amide bonds. The van der Waals surface area contributed by atoms with Crippen molar-refractivity contribution in [3.8, 4) is 0 Å². The van der Waals surface area contributed by atoms with E-state index in [1.165, 1.54) is 17.0 Å². The van der Waals surface area contributed by atoms with Gasteiger partial charge in [0.2, 0.25) is 0 Å². The second-order valence-electron chi connectivity index (χ2n) is 8.11. The minimum Gasteiger partial charge on any atom is -0.388 e. The lowest BCUT2D eigenvalue weighted by Gasteiger charge is -2.43. The molecule has 3 atom stereocenters. The van der Waals surface area contributed by atoms with E-state index in [-0.39, 0.29) is 6.04 Å². The van der Waals surface area contributed by atoms with Crippen LogP contribution in [0.2, 0.25) is 0 Å². The third-order valence-corrected chi connectivity index (χ3v) is 6.25. The maximum atomic E-state index is 11.5. The zero-order chi connectivity index (χ0) is 18.0. The molecule has 2 saturated carbocycles. The lowest BCUT2D eigenvalue weighted by Crippen LogP contribution is -2.54. The minimum atomic E-state index is -0.782. The van der Waals surface area contributed by atoms with Gasteiger partial charge in [-0.1, -0.05) is 79.9 Å². The fourth-order valence-corrected chi connectivity index (χ4v) is 4.87. The van der Waals surface area contributed by atoms with Crippen LogP contribution in [0.1, 0.15) is 55.6 Å². The Morgan fingerprint density at radius 2 is 1.54 bits per heavy atom. The van der Waals surface area contributed by atoms with Crippen molar-refractivity contribution in [1.29, 1.82) is 0 Å². The van der Waals surface area contributed by atoms with Crippen LogP contribution in [-0.2, 0) is 6.54 Å². The quantitative estimate of drug-likeness (QED) is 0.739. The summed E-state index contributed by atoms with van der Waals surface area (Å²) in [5.74, 6) is 0.756. The second kappa shape index (κ2) is 7.51. The zero-order valence-corrected chi connectivity index (χ0v) is 15.3. The first-order valence-corrected chi connectivity index (χ1v) is 9.94. The Morgan fingerprint density at radius 1 is 0.923 bits per heavy atom. The normalized spacial score (nSPS) is 25.8. The summed E-state index contributed by atoms with van der Waals surface area (Å²) in [5, 5.41) is 23.9. The van der Waals surface area contributed by atoms with Gasteiger partial charge in [0, 0.05) is 6.54 Å². The molecule has 2 N–H and O–H groups in total. The minimum absolute atomic E-state index is 0.201. The van der Waals surface area contributed by atoms with Crippen LogP contribution in [0.3, 0.4) is 0 Å². The van der Waals surface area contributed by atoms with Gasteiger partial charge in [-0.2, -0.15) is 5.06 Å². The van der Waals surface area contributed by atoms with Gasteiger partial charge in [-0.25, -0.2) is 0 Å². The SMILES string of the molecule is ON(Cc1ccccc1)C([C@H]1C[C@@H]1c1ccccc1)C1(O)CCCCC1. The van der Waals surface area contributed by atoms with Crippen molar-refractivity contribution < 1.29 is 10.3 Å². The second-order valence-corrected chi connectivity index (χ2v) is 8.11. The van der Waals surface area contributed by atoms with Crippen molar-refractivity contribution in [3.05, 3.63) is 71.8 Å². The summed E-state index contributed by atoms with van der Waals surface area (Å²) < 4.78 is 0. The van der Waals surface area contributed by atoms with Gasteiger partial charge in [0.1, 0.15) is 0 Å². The first-order chi connectivity index (χ1) is 12.7. The summed E-state index contributed by atoms with van der Waals surface area (Å²) in [6.07, 6.45) is 5.92. The van der Waals surface area contributed by atoms with E-state index in [0.29, 0.717) is 18.4 Å². The molecule has 2 fully saturated rings. The molecule has 2 aromatic carbocycles. The van der Waals surface area contributed by atoms with Gasteiger partial charge in [-0.05, 0) is 42.2 Å².